The van der Waals surface area contributed by atoms with Crippen molar-refractivity contribution in [3.05, 3.63) is 89.1 Å². The van der Waals surface area contributed by atoms with Crippen LogP contribution in [0.2, 0.25) is 5.02 Å². The summed E-state index contributed by atoms with van der Waals surface area (Å²) in [5.74, 6) is -0.104. The summed E-state index contributed by atoms with van der Waals surface area (Å²) < 4.78 is 6.39. The molecule has 2 heterocycles. The van der Waals surface area contributed by atoms with Gasteiger partial charge in [0.2, 0.25) is 0 Å². The molecule has 0 aliphatic heterocycles. The fourth-order valence-electron chi connectivity index (χ4n) is 3.73. The Balaban J connectivity index is 1.63. The Hall–Kier alpha value is -4.05. The number of nitrogens with two attached hydrogens (primary N) is 1. The summed E-state index contributed by atoms with van der Waals surface area (Å²) in [5.41, 5.74) is 8.11. The number of ether oxygens (including phenoxy) is 1. The summed E-state index contributed by atoms with van der Waals surface area (Å²) >= 11 is 6.37. The smallest absolute Gasteiger partial charge is 0.258 e. The summed E-state index contributed by atoms with van der Waals surface area (Å²) in [6.45, 7) is 0.137. The van der Waals surface area contributed by atoms with Crippen molar-refractivity contribution >= 4 is 34.9 Å². The zero-order chi connectivity index (χ0) is 26.4. The van der Waals surface area contributed by atoms with Crippen LogP contribution in [0.25, 0.3) is 16.9 Å². The largest absolute Gasteiger partial charge is 0.391 e. The number of anilines is 2. The van der Waals surface area contributed by atoms with Crippen LogP contribution in [-0.2, 0) is 4.74 Å². The van der Waals surface area contributed by atoms with Crippen LogP contribution in [0.5, 0.6) is 0 Å². The fraction of sp³-hybridized carbons (Fsp3) is 0.185. The summed E-state index contributed by atoms with van der Waals surface area (Å²) in [5, 5.41) is 17.4. The zero-order valence-electron chi connectivity index (χ0n) is 20.1. The number of para-hydroxylation sites is 1. The second-order valence-electron chi connectivity index (χ2n) is 8.33. The second-order valence-corrected chi connectivity index (χ2v) is 8.74. The van der Waals surface area contributed by atoms with Crippen molar-refractivity contribution in [1.82, 2.24) is 14.8 Å². The van der Waals surface area contributed by atoms with Crippen molar-refractivity contribution in [2.75, 3.05) is 24.8 Å². The number of halogens is 1. The third-order valence-corrected chi connectivity index (χ3v) is 5.91. The van der Waals surface area contributed by atoms with Gasteiger partial charge in [-0.05, 0) is 42.8 Å². The van der Waals surface area contributed by atoms with Gasteiger partial charge in [0, 0.05) is 25.2 Å². The standard InChI is InChI=1S/C27H26ClN5O4/c1-37-16-19(34)11-13-24(35)23-15-26(33(32-23)18-6-3-2-4-7-18)31-27(36)20-14-17(10-12-21(20)28)22-8-5-9-25(29)30-22/h2-10,12,14-15,19,34H,11,13,16H2,1H3,(H2,29,30)(H,31,36). The van der Waals surface area contributed by atoms with Gasteiger partial charge in [0.1, 0.15) is 17.3 Å². The number of nitrogen functional groups attached to an aromatic ring is 1. The van der Waals surface area contributed by atoms with Crippen LogP contribution >= 0.6 is 11.6 Å². The van der Waals surface area contributed by atoms with E-state index < -0.39 is 12.0 Å². The molecule has 37 heavy (non-hydrogen) atoms. The summed E-state index contributed by atoms with van der Waals surface area (Å²) in [6.07, 6.45) is -0.453. The Labute approximate surface area is 218 Å². The van der Waals surface area contributed by atoms with Gasteiger partial charge in [0.15, 0.2) is 5.78 Å². The minimum Gasteiger partial charge on any atom is -0.391 e. The summed E-state index contributed by atoms with van der Waals surface area (Å²) in [7, 11) is 1.48. The van der Waals surface area contributed by atoms with E-state index in [1.807, 2.05) is 18.2 Å². The minimum absolute atomic E-state index is 0.0742. The number of rotatable bonds is 10. The summed E-state index contributed by atoms with van der Waals surface area (Å²) in [6, 6.07) is 20.9. The highest BCUT2D eigenvalue weighted by molar-refractivity contribution is 6.34. The Bertz CT molecular complexity index is 1410. The third kappa shape index (κ3) is 6.39. The molecule has 4 rings (SSSR count). The van der Waals surface area contributed by atoms with Gasteiger partial charge in [-0.25, -0.2) is 9.67 Å². The maximum atomic E-state index is 13.3. The SMILES string of the molecule is COCC(O)CCC(=O)c1cc(NC(=O)c2cc(-c3cccc(N)n3)ccc2Cl)n(-c2ccccc2)n1. The van der Waals surface area contributed by atoms with Crippen molar-refractivity contribution in [2.45, 2.75) is 18.9 Å². The number of hydrogen-bond acceptors (Lipinski definition) is 7. The van der Waals surface area contributed by atoms with Crippen molar-refractivity contribution in [2.24, 2.45) is 0 Å². The molecule has 1 atom stereocenters. The fourth-order valence-corrected chi connectivity index (χ4v) is 3.93. The highest BCUT2D eigenvalue weighted by Gasteiger charge is 2.20. The Morgan fingerprint density at radius 1 is 1.11 bits per heavy atom. The van der Waals surface area contributed by atoms with E-state index in [2.05, 4.69) is 15.4 Å². The number of aromatic nitrogens is 3. The molecule has 0 bridgehead atoms. The molecule has 2 aromatic heterocycles. The van der Waals surface area contributed by atoms with Gasteiger partial charge in [-0.3, -0.25) is 9.59 Å². The van der Waals surface area contributed by atoms with E-state index in [1.165, 1.54) is 17.9 Å². The molecule has 10 heteroatoms. The molecule has 0 saturated heterocycles. The topological polar surface area (TPSA) is 132 Å². The molecule has 0 spiro atoms. The van der Waals surface area contributed by atoms with Crippen molar-refractivity contribution in [3.63, 3.8) is 0 Å². The second kappa shape index (κ2) is 11.8. The van der Waals surface area contributed by atoms with Crippen LogP contribution < -0.4 is 11.1 Å². The number of benzene rings is 2. The number of carbonyl (C=O) groups is 2. The number of hydrogen-bond donors (Lipinski definition) is 3. The average Bonchev–Trinajstić information content (AvgIpc) is 3.32. The number of carbonyl (C=O) groups excluding carboxylic acids is 2. The molecular formula is C27H26ClN5O4. The number of Topliss-reactive ketones (excluding diaryl/α,β-unsaturated/α-hetero) is 1. The van der Waals surface area contributed by atoms with Gasteiger partial charge >= 0.3 is 0 Å². The number of nitrogens with one attached hydrogen (secondary N) is 1. The molecule has 4 N–H and O–H groups in total. The molecule has 190 valence electrons. The van der Waals surface area contributed by atoms with Gasteiger partial charge in [0.25, 0.3) is 5.91 Å². The van der Waals surface area contributed by atoms with Crippen molar-refractivity contribution in [1.29, 1.82) is 0 Å². The van der Waals surface area contributed by atoms with Gasteiger partial charge in [-0.2, -0.15) is 5.10 Å². The number of aliphatic hydroxyl groups is 1. The molecule has 0 saturated carbocycles. The van der Waals surface area contributed by atoms with Gasteiger partial charge < -0.3 is 20.9 Å². The number of amides is 1. The molecule has 0 radical (unpaired) electrons. The lowest BCUT2D eigenvalue weighted by Gasteiger charge is -2.11. The lowest BCUT2D eigenvalue weighted by molar-refractivity contribution is 0.0559. The number of ketones is 1. The van der Waals surface area contributed by atoms with Gasteiger partial charge in [0.05, 0.1) is 34.7 Å². The first-order chi connectivity index (χ1) is 17.9. The number of methoxy groups -OCH3 is 1. The highest BCUT2D eigenvalue weighted by Crippen LogP contribution is 2.26. The maximum Gasteiger partial charge on any atom is 0.258 e. The molecular weight excluding hydrogens is 494 g/mol. The van der Waals surface area contributed by atoms with E-state index in [0.29, 0.717) is 28.6 Å². The van der Waals surface area contributed by atoms with Crippen LogP contribution in [0.3, 0.4) is 0 Å². The molecule has 4 aromatic rings. The van der Waals surface area contributed by atoms with E-state index in [0.717, 1.165) is 0 Å². The predicted octanol–water partition coefficient (Wildman–Crippen LogP) is 4.39. The number of aliphatic hydroxyl groups excluding tert-OH is 1. The molecule has 9 nitrogen and oxygen atoms in total. The maximum absolute atomic E-state index is 13.3. The molecule has 0 fully saturated rings. The van der Waals surface area contributed by atoms with Crippen LogP contribution in [-0.4, -0.2) is 51.4 Å². The van der Waals surface area contributed by atoms with E-state index in [1.54, 1.807) is 48.5 Å². The first kappa shape index (κ1) is 26.0. The Morgan fingerprint density at radius 3 is 2.62 bits per heavy atom. The zero-order valence-corrected chi connectivity index (χ0v) is 20.9. The molecule has 1 unspecified atom stereocenters. The van der Waals surface area contributed by atoms with E-state index in [-0.39, 0.29) is 41.5 Å². The highest BCUT2D eigenvalue weighted by atomic mass is 35.5. The first-order valence-corrected chi connectivity index (χ1v) is 11.9. The van der Waals surface area contributed by atoms with Crippen LogP contribution in [0.1, 0.15) is 33.7 Å². The van der Waals surface area contributed by atoms with Crippen molar-refractivity contribution in [3.8, 4) is 16.9 Å². The van der Waals surface area contributed by atoms with Crippen LogP contribution in [0.15, 0.2) is 72.8 Å². The van der Waals surface area contributed by atoms with Gasteiger partial charge in [-0.15, -0.1) is 0 Å². The van der Waals surface area contributed by atoms with E-state index in [4.69, 9.17) is 22.1 Å². The monoisotopic (exact) mass is 519 g/mol. The molecule has 0 aliphatic rings. The van der Waals surface area contributed by atoms with Crippen LogP contribution in [0, 0.1) is 0 Å². The Morgan fingerprint density at radius 2 is 1.89 bits per heavy atom. The predicted molar refractivity (Wildman–Crippen MR) is 142 cm³/mol. The molecule has 1 amide bonds. The quantitative estimate of drug-likeness (QED) is 0.265. The molecule has 2 aromatic carbocycles. The molecule has 0 aliphatic carbocycles. The lowest BCUT2D eigenvalue weighted by Crippen LogP contribution is -2.16. The van der Waals surface area contributed by atoms with Crippen molar-refractivity contribution < 1.29 is 19.4 Å². The number of pyridine rings is 1. The third-order valence-electron chi connectivity index (χ3n) is 5.58. The first-order valence-electron chi connectivity index (χ1n) is 11.5. The Kier molecular flexibility index (Phi) is 8.29. The van der Waals surface area contributed by atoms with Gasteiger partial charge in [-0.1, -0.05) is 41.9 Å². The normalized spacial score (nSPS) is 11.8. The van der Waals surface area contributed by atoms with Crippen LogP contribution in [0.4, 0.5) is 11.6 Å². The number of nitrogens with zero attached hydrogens (tertiary/aromatic N) is 3. The lowest BCUT2D eigenvalue weighted by atomic mass is 10.1. The average molecular weight is 520 g/mol. The summed E-state index contributed by atoms with van der Waals surface area (Å²) in [4.78, 5) is 30.4. The minimum atomic E-state index is -0.756. The van der Waals surface area contributed by atoms with E-state index in [9.17, 15) is 14.7 Å². The van der Waals surface area contributed by atoms with E-state index >= 15 is 0 Å².